The summed E-state index contributed by atoms with van der Waals surface area (Å²) in [6.45, 7) is 0.0615. The van der Waals surface area contributed by atoms with Crippen molar-refractivity contribution >= 4 is 21.4 Å². The number of anilines is 1. The van der Waals surface area contributed by atoms with Gasteiger partial charge in [0.1, 0.15) is 0 Å². The topological polar surface area (TPSA) is 93.7 Å². The van der Waals surface area contributed by atoms with Crippen LogP contribution in [0.15, 0.2) is 18.2 Å². The van der Waals surface area contributed by atoms with Crippen molar-refractivity contribution in [3.63, 3.8) is 0 Å². The maximum atomic E-state index is 11.8. The van der Waals surface area contributed by atoms with E-state index in [-0.39, 0.29) is 30.0 Å². The Hall–Kier alpha value is -1.96. The Labute approximate surface area is 129 Å². The molecule has 122 valence electrons. The molecule has 1 aromatic carbocycles. The van der Waals surface area contributed by atoms with Crippen LogP contribution >= 0.6 is 0 Å². The molecule has 1 unspecified atom stereocenters. The van der Waals surface area contributed by atoms with E-state index in [0.29, 0.717) is 23.6 Å². The molecule has 0 radical (unpaired) electrons. The lowest BCUT2D eigenvalue weighted by Crippen LogP contribution is -2.39. The summed E-state index contributed by atoms with van der Waals surface area (Å²) in [5.41, 5.74) is 0.715. The van der Waals surface area contributed by atoms with Crippen molar-refractivity contribution in [2.45, 2.75) is 12.5 Å². The summed E-state index contributed by atoms with van der Waals surface area (Å²) >= 11 is 0. The maximum Gasteiger partial charge on any atom is 0.239 e. The largest absolute Gasteiger partial charge is 0.493 e. The van der Waals surface area contributed by atoms with E-state index < -0.39 is 9.84 Å². The van der Waals surface area contributed by atoms with E-state index in [9.17, 15) is 13.2 Å². The van der Waals surface area contributed by atoms with Gasteiger partial charge in [0, 0.05) is 17.8 Å². The molecule has 1 amide bonds. The van der Waals surface area contributed by atoms with Crippen molar-refractivity contribution in [1.29, 1.82) is 0 Å². The van der Waals surface area contributed by atoms with Gasteiger partial charge in [-0.2, -0.15) is 0 Å². The minimum atomic E-state index is -2.99. The molecule has 0 spiro atoms. The highest BCUT2D eigenvalue weighted by atomic mass is 32.2. The van der Waals surface area contributed by atoms with Gasteiger partial charge in [-0.25, -0.2) is 8.42 Å². The molecule has 22 heavy (non-hydrogen) atoms. The molecule has 2 rings (SSSR count). The molecule has 0 saturated carbocycles. The molecule has 7 nitrogen and oxygen atoms in total. The van der Waals surface area contributed by atoms with E-state index in [1.54, 1.807) is 25.3 Å². The van der Waals surface area contributed by atoms with Gasteiger partial charge < -0.3 is 20.1 Å². The molecule has 0 bridgehead atoms. The van der Waals surface area contributed by atoms with E-state index in [4.69, 9.17) is 9.47 Å². The Morgan fingerprint density at radius 2 is 2.00 bits per heavy atom. The van der Waals surface area contributed by atoms with Crippen LogP contribution in [-0.2, 0) is 14.6 Å². The van der Waals surface area contributed by atoms with Gasteiger partial charge in [0.25, 0.3) is 0 Å². The summed E-state index contributed by atoms with van der Waals surface area (Å²) in [6, 6.07) is 4.95. The molecule has 1 saturated heterocycles. The second kappa shape index (κ2) is 6.87. The lowest BCUT2D eigenvalue weighted by atomic mass is 10.2. The molecule has 0 aromatic heterocycles. The first-order valence-electron chi connectivity index (χ1n) is 6.89. The van der Waals surface area contributed by atoms with Crippen LogP contribution in [0.25, 0.3) is 0 Å². The lowest BCUT2D eigenvalue weighted by molar-refractivity contribution is -0.119. The molecular formula is C14H20N2O5S. The molecule has 1 aromatic rings. The average Bonchev–Trinajstić information content (AvgIpc) is 2.83. The summed E-state index contributed by atoms with van der Waals surface area (Å²) in [6.07, 6.45) is 0.477. The summed E-state index contributed by atoms with van der Waals surface area (Å²) in [7, 11) is 0.0958. The van der Waals surface area contributed by atoms with E-state index in [0.717, 1.165) is 0 Å². The number of hydrogen-bond acceptors (Lipinski definition) is 6. The maximum absolute atomic E-state index is 11.8. The van der Waals surface area contributed by atoms with Crippen molar-refractivity contribution in [3.8, 4) is 11.5 Å². The fourth-order valence-electron chi connectivity index (χ4n) is 2.32. The smallest absolute Gasteiger partial charge is 0.239 e. The number of carbonyl (C=O) groups excluding carboxylic acids is 1. The SMILES string of the molecule is COc1ccc(NCC(=O)NC2CCS(=O)(=O)C2)cc1OC. The predicted octanol–water partition coefficient (Wildman–Crippen LogP) is 0.419. The molecule has 1 fully saturated rings. The highest BCUT2D eigenvalue weighted by Gasteiger charge is 2.28. The highest BCUT2D eigenvalue weighted by Crippen LogP contribution is 2.29. The summed E-state index contributed by atoms with van der Waals surface area (Å²) < 4.78 is 33.0. The molecule has 1 heterocycles. The van der Waals surface area contributed by atoms with Crippen LogP contribution in [0.2, 0.25) is 0 Å². The zero-order chi connectivity index (χ0) is 16.2. The number of sulfone groups is 1. The molecule has 1 aliphatic heterocycles. The summed E-state index contributed by atoms with van der Waals surface area (Å²) in [5.74, 6) is 1.09. The monoisotopic (exact) mass is 328 g/mol. The third-order valence-electron chi connectivity index (χ3n) is 3.43. The van der Waals surface area contributed by atoms with E-state index in [1.807, 2.05) is 0 Å². The zero-order valence-electron chi connectivity index (χ0n) is 12.6. The fourth-order valence-corrected chi connectivity index (χ4v) is 3.99. The van der Waals surface area contributed by atoms with Crippen molar-refractivity contribution in [2.75, 3.05) is 37.6 Å². The molecule has 1 aliphatic rings. The summed E-state index contributed by atoms with van der Waals surface area (Å²) in [4.78, 5) is 11.8. The van der Waals surface area contributed by atoms with Gasteiger partial charge in [-0.05, 0) is 18.6 Å². The first-order chi connectivity index (χ1) is 10.4. The van der Waals surface area contributed by atoms with E-state index >= 15 is 0 Å². The fraction of sp³-hybridized carbons (Fsp3) is 0.500. The molecule has 8 heteroatoms. The van der Waals surface area contributed by atoms with Gasteiger partial charge in [-0.15, -0.1) is 0 Å². The Morgan fingerprint density at radius 1 is 1.27 bits per heavy atom. The second-order valence-corrected chi connectivity index (χ2v) is 7.32. The van der Waals surface area contributed by atoms with Crippen LogP contribution in [0.4, 0.5) is 5.69 Å². The number of ether oxygens (including phenoxy) is 2. The zero-order valence-corrected chi connectivity index (χ0v) is 13.4. The Balaban J connectivity index is 1.86. The Bertz CT molecular complexity index is 645. The number of amides is 1. The number of carbonyl (C=O) groups is 1. The van der Waals surface area contributed by atoms with Crippen molar-refractivity contribution < 1.29 is 22.7 Å². The van der Waals surface area contributed by atoms with E-state index in [2.05, 4.69) is 10.6 Å². The van der Waals surface area contributed by atoms with Gasteiger partial charge in [0.05, 0.1) is 32.3 Å². The average molecular weight is 328 g/mol. The van der Waals surface area contributed by atoms with Crippen LogP contribution in [-0.4, -0.2) is 52.6 Å². The van der Waals surface area contributed by atoms with Crippen LogP contribution in [0.3, 0.4) is 0 Å². The van der Waals surface area contributed by atoms with Crippen molar-refractivity contribution in [2.24, 2.45) is 0 Å². The van der Waals surface area contributed by atoms with Crippen LogP contribution < -0.4 is 20.1 Å². The molecule has 2 N–H and O–H groups in total. The molecular weight excluding hydrogens is 308 g/mol. The third-order valence-corrected chi connectivity index (χ3v) is 5.20. The minimum absolute atomic E-state index is 0.0229. The first kappa shape index (κ1) is 16.4. The Morgan fingerprint density at radius 3 is 2.59 bits per heavy atom. The first-order valence-corrected chi connectivity index (χ1v) is 8.71. The van der Waals surface area contributed by atoms with Crippen LogP contribution in [0.1, 0.15) is 6.42 Å². The highest BCUT2D eigenvalue weighted by molar-refractivity contribution is 7.91. The number of methoxy groups -OCH3 is 2. The quantitative estimate of drug-likeness (QED) is 0.786. The lowest BCUT2D eigenvalue weighted by Gasteiger charge is -2.13. The number of rotatable bonds is 6. The van der Waals surface area contributed by atoms with Crippen LogP contribution in [0.5, 0.6) is 11.5 Å². The third kappa shape index (κ3) is 4.27. The van der Waals surface area contributed by atoms with E-state index in [1.165, 1.54) is 7.11 Å². The normalized spacial score (nSPS) is 19.5. The second-order valence-electron chi connectivity index (χ2n) is 5.09. The summed E-state index contributed by atoms with van der Waals surface area (Å²) in [5, 5.41) is 5.69. The van der Waals surface area contributed by atoms with Gasteiger partial charge in [0.2, 0.25) is 5.91 Å². The van der Waals surface area contributed by atoms with Crippen molar-refractivity contribution in [1.82, 2.24) is 5.32 Å². The van der Waals surface area contributed by atoms with Crippen LogP contribution in [0, 0.1) is 0 Å². The van der Waals surface area contributed by atoms with Gasteiger partial charge in [-0.3, -0.25) is 4.79 Å². The van der Waals surface area contributed by atoms with Crippen molar-refractivity contribution in [3.05, 3.63) is 18.2 Å². The van der Waals surface area contributed by atoms with Gasteiger partial charge in [0.15, 0.2) is 21.3 Å². The van der Waals surface area contributed by atoms with Gasteiger partial charge in [-0.1, -0.05) is 0 Å². The standard InChI is InChI=1S/C14H20N2O5S/c1-20-12-4-3-10(7-13(12)21-2)15-8-14(17)16-11-5-6-22(18,19)9-11/h3-4,7,11,15H,5-6,8-9H2,1-2H3,(H,16,17). The van der Waals surface area contributed by atoms with Gasteiger partial charge >= 0.3 is 0 Å². The molecule has 0 aliphatic carbocycles. The number of hydrogen-bond donors (Lipinski definition) is 2. The molecule has 1 atom stereocenters. The predicted molar refractivity (Wildman–Crippen MR) is 83.2 cm³/mol. The Kier molecular flexibility index (Phi) is 5.12. The number of nitrogens with one attached hydrogen (secondary N) is 2. The minimum Gasteiger partial charge on any atom is -0.493 e. The number of benzene rings is 1.